The van der Waals surface area contributed by atoms with Gasteiger partial charge in [-0.05, 0) is 12.8 Å². The van der Waals surface area contributed by atoms with Crippen LogP contribution in [0.4, 0.5) is 0 Å². The van der Waals surface area contributed by atoms with Crippen LogP contribution in [0, 0.1) is 0 Å². The van der Waals surface area contributed by atoms with Gasteiger partial charge < -0.3 is 4.42 Å². The van der Waals surface area contributed by atoms with Gasteiger partial charge in [-0.25, -0.2) is 4.79 Å². The van der Waals surface area contributed by atoms with Crippen molar-refractivity contribution >= 4 is 0 Å². The monoisotopic (exact) mass is 167 g/mol. The summed E-state index contributed by atoms with van der Waals surface area (Å²) in [5, 5.41) is 0. The van der Waals surface area contributed by atoms with Gasteiger partial charge in [0.25, 0.3) is 0 Å². The summed E-state index contributed by atoms with van der Waals surface area (Å²) in [4.78, 5) is 11.1. The first-order valence-electron chi connectivity index (χ1n) is 4.06. The van der Waals surface area contributed by atoms with E-state index < -0.39 is 0 Å². The third kappa shape index (κ3) is 1.67. The van der Waals surface area contributed by atoms with Gasteiger partial charge in [-0.3, -0.25) is 4.57 Å². The van der Waals surface area contributed by atoms with Gasteiger partial charge in [-0.1, -0.05) is 13.0 Å². The number of hydrogen-bond acceptors (Lipinski definition) is 2. The second kappa shape index (κ2) is 3.95. The van der Waals surface area contributed by atoms with Crippen LogP contribution < -0.4 is 5.76 Å². The molecule has 1 rings (SSSR count). The second-order valence-electron chi connectivity index (χ2n) is 2.66. The molecule has 3 heteroatoms. The quantitative estimate of drug-likeness (QED) is 0.642. The molecule has 1 atom stereocenters. The zero-order valence-electron chi connectivity index (χ0n) is 7.19. The van der Waals surface area contributed by atoms with E-state index in [1.165, 1.54) is 6.26 Å². The molecule has 0 radical (unpaired) electrons. The summed E-state index contributed by atoms with van der Waals surface area (Å²) < 4.78 is 6.27. The van der Waals surface area contributed by atoms with E-state index >= 15 is 0 Å². The lowest BCUT2D eigenvalue weighted by Crippen LogP contribution is -2.18. The highest BCUT2D eigenvalue weighted by Gasteiger charge is 2.08. The van der Waals surface area contributed by atoms with Gasteiger partial charge in [-0.15, -0.1) is 6.58 Å². The Morgan fingerprint density at radius 3 is 3.00 bits per heavy atom. The maximum absolute atomic E-state index is 11.1. The van der Waals surface area contributed by atoms with Gasteiger partial charge in [0.15, 0.2) is 0 Å². The third-order valence-electron chi connectivity index (χ3n) is 1.90. The molecule has 1 unspecified atom stereocenters. The normalized spacial score (nSPS) is 12.8. The molecule has 0 aromatic carbocycles. The Balaban J connectivity index is 2.86. The van der Waals surface area contributed by atoms with Gasteiger partial charge >= 0.3 is 5.76 Å². The first-order valence-corrected chi connectivity index (χ1v) is 4.06. The van der Waals surface area contributed by atoms with Crippen LogP contribution in [0.25, 0.3) is 0 Å². The van der Waals surface area contributed by atoms with Crippen LogP contribution in [0.15, 0.2) is 34.3 Å². The van der Waals surface area contributed by atoms with E-state index in [0.717, 1.165) is 12.8 Å². The fourth-order valence-corrected chi connectivity index (χ4v) is 1.22. The first kappa shape index (κ1) is 8.84. The molecular formula is C9H13NO2. The molecule has 12 heavy (non-hydrogen) atoms. The van der Waals surface area contributed by atoms with Crippen LogP contribution in [-0.4, -0.2) is 4.57 Å². The summed E-state index contributed by atoms with van der Waals surface area (Å²) in [6.07, 6.45) is 6.60. The smallest absolute Gasteiger partial charge is 0.416 e. The fraction of sp³-hybridized carbons (Fsp3) is 0.444. The van der Waals surface area contributed by atoms with Gasteiger partial charge in [0, 0.05) is 12.2 Å². The summed E-state index contributed by atoms with van der Waals surface area (Å²) >= 11 is 0. The predicted molar refractivity (Wildman–Crippen MR) is 47.1 cm³/mol. The predicted octanol–water partition coefficient (Wildman–Crippen LogP) is 1.97. The minimum atomic E-state index is -0.288. The Hall–Kier alpha value is -1.25. The SMILES string of the molecule is C=CCC(CC)n1ccoc1=O. The van der Waals surface area contributed by atoms with E-state index in [1.54, 1.807) is 10.8 Å². The molecular weight excluding hydrogens is 154 g/mol. The Bertz CT molecular complexity index is 297. The van der Waals surface area contributed by atoms with Gasteiger partial charge in [0.2, 0.25) is 0 Å². The zero-order valence-corrected chi connectivity index (χ0v) is 7.19. The lowest BCUT2D eigenvalue weighted by molar-refractivity contribution is 0.418. The largest absolute Gasteiger partial charge is 0.419 e. The highest BCUT2D eigenvalue weighted by atomic mass is 16.4. The summed E-state index contributed by atoms with van der Waals surface area (Å²) in [7, 11) is 0. The van der Waals surface area contributed by atoms with Crippen LogP contribution in [0.5, 0.6) is 0 Å². The van der Waals surface area contributed by atoms with Crippen LogP contribution in [0.2, 0.25) is 0 Å². The summed E-state index contributed by atoms with van der Waals surface area (Å²) in [5.74, 6) is -0.288. The molecule has 0 amide bonds. The Labute approximate surface area is 71.3 Å². The molecule has 0 aliphatic rings. The molecule has 0 saturated heterocycles. The van der Waals surface area contributed by atoms with Gasteiger partial charge in [0.1, 0.15) is 6.26 Å². The zero-order chi connectivity index (χ0) is 8.97. The van der Waals surface area contributed by atoms with Crippen molar-refractivity contribution in [1.82, 2.24) is 4.57 Å². The van der Waals surface area contributed by atoms with Gasteiger partial charge in [0.05, 0.1) is 0 Å². The highest BCUT2D eigenvalue weighted by Crippen LogP contribution is 2.13. The van der Waals surface area contributed by atoms with E-state index in [1.807, 2.05) is 13.0 Å². The summed E-state index contributed by atoms with van der Waals surface area (Å²) in [5.41, 5.74) is 0. The molecule has 1 aromatic rings. The van der Waals surface area contributed by atoms with Crippen LogP contribution in [-0.2, 0) is 0 Å². The standard InChI is InChI=1S/C9H13NO2/c1-3-5-8(4-2)10-6-7-12-9(10)11/h3,6-8H,1,4-5H2,2H3. The molecule has 3 nitrogen and oxygen atoms in total. The molecule has 0 saturated carbocycles. The number of nitrogens with zero attached hydrogens (tertiary/aromatic N) is 1. The number of aromatic nitrogens is 1. The van der Waals surface area contributed by atoms with Crippen molar-refractivity contribution in [3.63, 3.8) is 0 Å². The number of hydrogen-bond donors (Lipinski definition) is 0. The van der Waals surface area contributed by atoms with Crippen LogP contribution in [0.3, 0.4) is 0 Å². The van der Waals surface area contributed by atoms with E-state index in [4.69, 9.17) is 0 Å². The molecule has 0 N–H and O–H groups in total. The molecule has 0 bridgehead atoms. The lowest BCUT2D eigenvalue weighted by Gasteiger charge is -2.11. The maximum atomic E-state index is 11.1. The third-order valence-corrected chi connectivity index (χ3v) is 1.90. The van der Waals surface area contributed by atoms with E-state index in [0.29, 0.717) is 0 Å². The molecule has 0 fully saturated rings. The molecule has 1 aromatic heterocycles. The van der Waals surface area contributed by atoms with Crippen molar-refractivity contribution in [2.24, 2.45) is 0 Å². The van der Waals surface area contributed by atoms with Crippen molar-refractivity contribution in [2.75, 3.05) is 0 Å². The topological polar surface area (TPSA) is 35.1 Å². The van der Waals surface area contributed by atoms with Crippen molar-refractivity contribution < 1.29 is 4.42 Å². The summed E-state index contributed by atoms with van der Waals surface area (Å²) in [6, 6.07) is 0.189. The van der Waals surface area contributed by atoms with Crippen molar-refractivity contribution in [3.8, 4) is 0 Å². The molecule has 1 heterocycles. The van der Waals surface area contributed by atoms with Crippen molar-refractivity contribution in [1.29, 1.82) is 0 Å². The van der Waals surface area contributed by atoms with Crippen molar-refractivity contribution in [3.05, 3.63) is 35.7 Å². The average Bonchev–Trinajstić information content (AvgIpc) is 2.47. The molecule has 0 aliphatic carbocycles. The Morgan fingerprint density at radius 1 is 1.83 bits per heavy atom. The number of oxazole rings is 1. The highest BCUT2D eigenvalue weighted by molar-refractivity contribution is 4.81. The Morgan fingerprint density at radius 2 is 2.58 bits per heavy atom. The molecule has 0 aliphatic heterocycles. The minimum absolute atomic E-state index is 0.189. The fourth-order valence-electron chi connectivity index (χ4n) is 1.22. The van der Waals surface area contributed by atoms with E-state index in [2.05, 4.69) is 11.0 Å². The maximum Gasteiger partial charge on any atom is 0.419 e. The second-order valence-corrected chi connectivity index (χ2v) is 2.66. The first-order chi connectivity index (χ1) is 5.79. The number of allylic oxidation sites excluding steroid dienone is 1. The average molecular weight is 167 g/mol. The van der Waals surface area contributed by atoms with Crippen LogP contribution in [0.1, 0.15) is 25.8 Å². The summed E-state index contributed by atoms with van der Waals surface area (Å²) in [6.45, 7) is 5.68. The van der Waals surface area contributed by atoms with Crippen LogP contribution >= 0.6 is 0 Å². The van der Waals surface area contributed by atoms with E-state index in [-0.39, 0.29) is 11.8 Å². The molecule has 0 spiro atoms. The Kier molecular flexibility index (Phi) is 2.91. The number of rotatable bonds is 4. The van der Waals surface area contributed by atoms with Crippen molar-refractivity contribution in [2.45, 2.75) is 25.8 Å². The molecule has 66 valence electrons. The lowest BCUT2D eigenvalue weighted by atomic mass is 10.1. The van der Waals surface area contributed by atoms with Gasteiger partial charge in [-0.2, -0.15) is 0 Å². The van der Waals surface area contributed by atoms with E-state index in [9.17, 15) is 4.79 Å². The minimum Gasteiger partial charge on any atom is -0.416 e.